The molecule has 0 atom stereocenters. The Morgan fingerprint density at radius 1 is 1.43 bits per heavy atom. The van der Waals surface area contributed by atoms with Crippen LogP contribution in [-0.4, -0.2) is 28.0 Å². The molecule has 110 valence electrons. The van der Waals surface area contributed by atoms with Crippen LogP contribution in [0.5, 0.6) is 5.75 Å². The normalized spacial score (nSPS) is 11.0. The number of hydrazone groups is 1. The van der Waals surface area contributed by atoms with Gasteiger partial charge in [0.05, 0.1) is 12.8 Å². The van der Waals surface area contributed by atoms with Crippen LogP contribution in [0.4, 0.5) is 5.95 Å². The van der Waals surface area contributed by atoms with Crippen molar-refractivity contribution in [2.75, 3.05) is 12.0 Å². The van der Waals surface area contributed by atoms with Gasteiger partial charge in [0.2, 0.25) is 5.95 Å². The highest BCUT2D eigenvalue weighted by Gasteiger charge is 2.02. The van der Waals surface area contributed by atoms with Crippen LogP contribution in [0.3, 0.4) is 0 Å². The Morgan fingerprint density at radius 2 is 2.24 bits per heavy atom. The topological polar surface area (TPSA) is 92.3 Å². The lowest BCUT2D eigenvalue weighted by molar-refractivity contribution is 0.271. The number of aromatic amines is 1. The number of nitrogens with zero attached hydrogens (tertiary/aromatic N) is 3. The molecule has 2 aromatic rings. The first-order chi connectivity index (χ1) is 10.1. The molecular weight excluding hydrogens is 270 g/mol. The maximum absolute atomic E-state index is 11.1. The number of aromatic nitrogens is 3. The molecule has 7 nitrogen and oxygen atoms in total. The summed E-state index contributed by atoms with van der Waals surface area (Å²) in [5.74, 6) is 1.38. The zero-order valence-corrected chi connectivity index (χ0v) is 11.9. The van der Waals surface area contributed by atoms with Crippen molar-refractivity contribution < 1.29 is 4.74 Å². The van der Waals surface area contributed by atoms with E-state index in [9.17, 15) is 4.79 Å². The maximum atomic E-state index is 11.1. The largest absolute Gasteiger partial charge is 0.493 e. The highest BCUT2D eigenvalue weighted by molar-refractivity contribution is 5.83. The predicted octanol–water partition coefficient (Wildman–Crippen LogP) is 1.65. The number of nitrogens with one attached hydrogen (secondary N) is 2. The van der Waals surface area contributed by atoms with E-state index in [0.717, 1.165) is 17.5 Å². The lowest BCUT2D eigenvalue weighted by atomic mass is 10.2. The molecule has 0 bridgehead atoms. The lowest BCUT2D eigenvalue weighted by Gasteiger charge is -2.10. The molecule has 0 aliphatic carbocycles. The number of anilines is 1. The van der Waals surface area contributed by atoms with Crippen molar-refractivity contribution in [3.05, 3.63) is 46.4 Å². The second-order valence-corrected chi connectivity index (χ2v) is 4.80. The highest BCUT2D eigenvalue weighted by Crippen LogP contribution is 2.16. The zero-order chi connectivity index (χ0) is 15.1. The molecule has 0 amide bonds. The van der Waals surface area contributed by atoms with Gasteiger partial charge in [-0.2, -0.15) is 5.10 Å². The molecule has 0 saturated heterocycles. The molecule has 2 rings (SSSR count). The summed E-state index contributed by atoms with van der Waals surface area (Å²) in [5, 5.41) is 11.2. The third-order valence-corrected chi connectivity index (χ3v) is 2.44. The fourth-order valence-electron chi connectivity index (χ4n) is 1.50. The molecule has 0 saturated carbocycles. The van der Waals surface area contributed by atoms with Crippen LogP contribution in [0.15, 0.2) is 40.4 Å². The fraction of sp³-hybridized carbons (Fsp3) is 0.286. The van der Waals surface area contributed by atoms with Gasteiger partial charge in [-0.3, -0.25) is 9.78 Å². The van der Waals surface area contributed by atoms with Gasteiger partial charge < -0.3 is 4.74 Å². The van der Waals surface area contributed by atoms with Gasteiger partial charge in [0.1, 0.15) is 11.9 Å². The summed E-state index contributed by atoms with van der Waals surface area (Å²) in [5.41, 5.74) is 3.10. The monoisotopic (exact) mass is 287 g/mol. The van der Waals surface area contributed by atoms with Crippen LogP contribution in [-0.2, 0) is 0 Å². The van der Waals surface area contributed by atoms with Crippen LogP contribution < -0.4 is 15.7 Å². The number of H-pyrrole nitrogens is 1. The number of hydrogen-bond donors (Lipinski definition) is 2. The van der Waals surface area contributed by atoms with E-state index in [-0.39, 0.29) is 11.5 Å². The molecule has 0 fully saturated rings. The number of para-hydroxylation sites is 1. The molecule has 7 heteroatoms. The van der Waals surface area contributed by atoms with Crippen molar-refractivity contribution >= 4 is 12.2 Å². The summed E-state index contributed by atoms with van der Waals surface area (Å²) < 4.78 is 5.72. The standard InChI is InChI=1S/C14H17N5O2/c1-10(2)9-21-12-6-4-3-5-11(12)7-15-18-14-17-13(20)8-16-19-14/h3-8,10H,9H2,1-2H3,(H2,17,18,19,20)/b15-7+. The minimum atomic E-state index is -0.344. The molecule has 1 aromatic heterocycles. The first-order valence-corrected chi connectivity index (χ1v) is 6.58. The van der Waals surface area contributed by atoms with E-state index in [4.69, 9.17) is 4.74 Å². The first kappa shape index (κ1) is 14.7. The van der Waals surface area contributed by atoms with E-state index in [0.29, 0.717) is 12.5 Å². The Bertz CT molecular complexity index is 666. The van der Waals surface area contributed by atoms with Crippen LogP contribution in [0.1, 0.15) is 19.4 Å². The van der Waals surface area contributed by atoms with E-state index in [1.165, 1.54) is 0 Å². The van der Waals surface area contributed by atoms with Gasteiger partial charge in [0.25, 0.3) is 5.56 Å². The average molecular weight is 287 g/mol. The molecule has 0 spiro atoms. The van der Waals surface area contributed by atoms with Gasteiger partial charge in [0.15, 0.2) is 0 Å². The maximum Gasteiger partial charge on any atom is 0.271 e. The van der Waals surface area contributed by atoms with Crippen molar-refractivity contribution in [3.63, 3.8) is 0 Å². The molecule has 1 aromatic carbocycles. The van der Waals surface area contributed by atoms with Gasteiger partial charge >= 0.3 is 0 Å². The molecule has 0 radical (unpaired) electrons. The SMILES string of the molecule is CC(C)COc1ccccc1/C=N/Nc1nncc(=O)[nH]1. The molecule has 0 aliphatic rings. The number of rotatable bonds is 6. The quantitative estimate of drug-likeness (QED) is 0.622. The molecular formula is C14H17N5O2. The molecule has 1 heterocycles. The zero-order valence-electron chi connectivity index (χ0n) is 11.9. The average Bonchev–Trinajstić information content (AvgIpc) is 2.46. The Hall–Kier alpha value is -2.70. The summed E-state index contributed by atoms with van der Waals surface area (Å²) >= 11 is 0. The summed E-state index contributed by atoms with van der Waals surface area (Å²) in [7, 11) is 0. The Morgan fingerprint density at radius 3 is 3.00 bits per heavy atom. The molecule has 0 aliphatic heterocycles. The third kappa shape index (κ3) is 4.72. The second-order valence-electron chi connectivity index (χ2n) is 4.80. The lowest BCUT2D eigenvalue weighted by Crippen LogP contribution is -2.10. The summed E-state index contributed by atoms with van der Waals surface area (Å²) in [6.45, 7) is 4.81. The Labute approximate surface area is 122 Å². The van der Waals surface area contributed by atoms with Crippen molar-refractivity contribution in [2.45, 2.75) is 13.8 Å². The van der Waals surface area contributed by atoms with Crippen molar-refractivity contribution in [2.24, 2.45) is 11.0 Å². The number of benzene rings is 1. The van der Waals surface area contributed by atoms with Crippen LogP contribution in [0.2, 0.25) is 0 Å². The van der Waals surface area contributed by atoms with Crippen molar-refractivity contribution in [3.8, 4) is 5.75 Å². The van der Waals surface area contributed by atoms with Gasteiger partial charge in [-0.25, -0.2) is 5.43 Å². The third-order valence-electron chi connectivity index (χ3n) is 2.44. The summed E-state index contributed by atoms with van der Waals surface area (Å²) in [6, 6.07) is 7.57. The summed E-state index contributed by atoms with van der Waals surface area (Å²) in [4.78, 5) is 13.5. The van der Waals surface area contributed by atoms with Crippen molar-refractivity contribution in [1.82, 2.24) is 15.2 Å². The minimum Gasteiger partial charge on any atom is -0.493 e. The van der Waals surface area contributed by atoms with Gasteiger partial charge in [0, 0.05) is 5.56 Å². The van der Waals surface area contributed by atoms with Crippen LogP contribution >= 0.6 is 0 Å². The van der Waals surface area contributed by atoms with Crippen molar-refractivity contribution in [1.29, 1.82) is 0 Å². The van der Waals surface area contributed by atoms with Gasteiger partial charge in [-0.15, -0.1) is 10.2 Å². The van der Waals surface area contributed by atoms with E-state index in [2.05, 4.69) is 39.6 Å². The second kappa shape index (κ2) is 7.18. The smallest absolute Gasteiger partial charge is 0.271 e. The first-order valence-electron chi connectivity index (χ1n) is 6.58. The van der Waals surface area contributed by atoms with E-state index in [1.54, 1.807) is 6.21 Å². The van der Waals surface area contributed by atoms with E-state index >= 15 is 0 Å². The van der Waals surface area contributed by atoms with Gasteiger partial charge in [-0.1, -0.05) is 26.0 Å². The number of ether oxygens (including phenoxy) is 1. The Balaban J connectivity index is 2.05. The molecule has 0 unspecified atom stereocenters. The van der Waals surface area contributed by atoms with Crippen LogP contribution in [0, 0.1) is 5.92 Å². The predicted molar refractivity (Wildman–Crippen MR) is 80.6 cm³/mol. The van der Waals surface area contributed by atoms with Gasteiger partial charge in [-0.05, 0) is 18.1 Å². The van der Waals surface area contributed by atoms with E-state index < -0.39 is 0 Å². The highest BCUT2D eigenvalue weighted by atomic mass is 16.5. The number of hydrogen-bond acceptors (Lipinski definition) is 6. The fourth-order valence-corrected chi connectivity index (χ4v) is 1.50. The van der Waals surface area contributed by atoms with Crippen LogP contribution in [0.25, 0.3) is 0 Å². The molecule has 21 heavy (non-hydrogen) atoms. The van der Waals surface area contributed by atoms with E-state index in [1.807, 2.05) is 24.3 Å². The Kier molecular flexibility index (Phi) is 5.03. The minimum absolute atomic E-state index is 0.180. The molecule has 2 N–H and O–H groups in total. The summed E-state index contributed by atoms with van der Waals surface area (Å²) in [6.07, 6.45) is 2.69.